The molecule has 0 saturated carbocycles. The van der Waals surface area contributed by atoms with Gasteiger partial charge in [0.1, 0.15) is 18.2 Å². The molecule has 2 atom stereocenters. The Morgan fingerprint density at radius 3 is 2.84 bits per heavy atom. The van der Waals surface area contributed by atoms with Crippen LogP contribution in [0.3, 0.4) is 0 Å². The van der Waals surface area contributed by atoms with Gasteiger partial charge >= 0.3 is 0 Å². The zero-order valence-corrected chi connectivity index (χ0v) is 17.2. The van der Waals surface area contributed by atoms with E-state index in [1.807, 2.05) is 0 Å². The number of hydrogen-bond acceptors (Lipinski definition) is 7. The summed E-state index contributed by atoms with van der Waals surface area (Å²) in [6.45, 7) is 0.0724. The minimum atomic E-state index is -1.79. The standard InChI is InChI=1S/C20H17ClFN7O3/c21-13-5-6-16(28-11-24-26-27-28)12(9-13)10-23-19(31)17-7-8-25-29(17)20(32)18(30)14-3-1-2-4-15(14)22/h1-6,8-9,11,17-18,30H,7,10H2,(H,23,31)/t17-,18+/m0/s1. The van der Waals surface area contributed by atoms with Gasteiger partial charge in [-0.15, -0.1) is 5.10 Å². The third-order valence-corrected chi connectivity index (χ3v) is 5.12. The van der Waals surface area contributed by atoms with E-state index in [0.717, 1.165) is 11.1 Å². The molecule has 10 nitrogen and oxygen atoms in total. The number of hydrogen-bond donors (Lipinski definition) is 2. The molecule has 1 aromatic heterocycles. The zero-order chi connectivity index (χ0) is 22.7. The molecule has 2 heterocycles. The second-order valence-electron chi connectivity index (χ2n) is 6.90. The normalized spacial score (nSPS) is 16.2. The number of benzene rings is 2. The van der Waals surface area contributed by atoms with Gasteiger partial charge < -0.3 is 10.4 Å². The molecule has 3 aromatic rings. The molecule has 0 unspecified atom stereocenters. The molecule has 0 aliphatic carbocycles. The molecule has 1 aliphatic heterocycles. The summed E-state index contributed by atoms with van der Waals surface area (Å²) in [6.07, 6.45) is 1.16. The van der Waals surface area contributed by atoms with Gasteiger partial charge in [-0.05, 0) is 40.3 Å². The number of aliphatic hydroxyl groups is 1. The van der Waals surface area contributed by atoms with Crippen LogP contribution < -0.4 is 5.32 Å². The van der Waals surface area contributed by atoms with Gasteiger partial charge in [-0.25, -0.2) is 14.1 Å². The van der Waals surface area contributed by atoms with Gasteiger partial charge in [-0.2, -0.15) is 5.10 Å². The summed E-state index contributed by atoms with van der Waals surface area (Å²) in [5.74, 6) is -2.13. The molecule has 0 saturated heterocycles. The van der Waals surface area contributed by atoms with Crippen LogP contribution in [0.5, 0.6) is 0 Å². The maximum absolute atomic E-state index is 14.0. The predicted molar refractivity (Wildman–Crippen MR) is 111 cm³/mol. The number of aromatic nitrogens is 4. The number of carbonyl (C=O) groups excluding carboxylic acids is 2. The van der Waals surface area contributed by atoms with Crippen LogP contribution in [0.25, 0.3) is 5.69 Å². The lowest BCUT2D eigenvalue weighted by Crippen LogP contribution is -2.46. The van der Waals surface area contributed by atoms with E-state index in [-0.39, 0.29) is 18.5 Å². The molecule has 12 heteroatoms. The molecule has 0 fully saturated rings. The quantitative estimate of drug-likeness (QED) is 0.576. The van der Waals surface area contributed by atoms with Gasteiger partial charge in [0.2, 0.25) is 5.91 Å². The van der Waals surface area contributed by atoms with Gasteiger partial charge in [0, 0.05) is 29.8 Å². The van der Waals surface area contributed by atoms with Crippen molar-refractivity contribution in [1.29, 1.82) is 0 Å². The average molecular weight is 458 g/mol. The number of halogens is 2. The molecular formula is C20H17ClFN7O3. The van der Waals surface area contributed by atoms with Crippen LogP contribution in [0.4, 0.5) is 4.39 Å². The van der Waals surface area contributed by atoms with E-state index in [2.05, 4.69) is 25.9 Å². The molecule has 0 spiro atoms. The van der Waals surface area contributed by atoms with E-state index in [0.29, 0.717) is 16.3 Å². The molecule has 4 rings (SSSR count). The Morgan fingerprint density at radius 1 is 1.28 bits per heavy atom. The number of amides is 2. The highest BCUT2D eigenvalue weighted by Gasteiger charge is 2.36. The minimum absolute atomic E-state index is 0.0724. The van der Waals surface area contributed by atoms with Crippen LogP contribution >= 0.6 is 11.6 Å². The van der Waals surface area contributed by atoms with Crippen LogP contribution in [-0.2, 0) is 16.1 Å². The fraction of sp³-hybridized carbons (Fsp3) is 0.200. The van der Waals surface area contributed by atoms with E-state index < -0.39 is 29.8 Å². The van der Waals surface area contributed by atoms with E-state index in [4.69, 9.17) is 11.6 Å². The van der Waals surface area contributed by atoms with Crippen molar-refractivity contribution in [2.75, 3.05) is 0 Å². The molecule has 2 N–H and O–H groups in total. The maximum atomic E-state index is 14.0. The zero-order valence-electron chi connectivity index (χ0n) is 16.5. The number of nitrogens with one attached hydrogen (secondary N) is 1. The van der Waals surface area contributed by atoms with E-state index in [9.17, 15) is 19.1 Å². The Morgan fingerprint density at radius 2 is 2.09 bits per heavy atom. The second kappa shape index (κ2) is 9.20. The third kappa shape index (κ3) is 4.34. The predicted octanol–water partition coefficient (Wildman–Crippen LogP) is 1.39. The van der Waals surface area contributed by atoms with Gasteiger partial charge in [0.15, 0.2) is 6.10 Å². The lowest BCUT2D eigenvalue weighted by molar-refractivity contribution is -0.146. The number of rotatable bonds is 6. The van der Waals surface area contributed by atoms with Crippen molar-refractivity contribution in [2.24, 2.45) is 5.10 Å². The number of carbonyl (C=O) groups is 2. The Bertz CT molecular complexity index is 1170. The lowest BCUT2D eigenvalue weighted by atomic mass is 10.1. The number of hydrazone groups is 1. The lowest BCUT2D eigenvalue weighted by Gasteiger charge is -2.24. The van der Waals surface area contributed by atoms with Crippen LogP contribution in [0.2, 0.25) is 5.02 Å². The first-order valence-corrected chi connectivity index (χ1v) is 9.91. The Kier molecular flexibility index (Phi) is 6.19. The Hall–Kier alpha value is -3.70. The molecule has 2 amide bonds. The fourth-order valence-electron chi connectivity index (χ4n) is 3.29. The van der Waals surface area contributed by atoms with Gasteiger partial charge in [0.05, 0.1) is 5.69 Å². The van der Waals surface area contributed by atoms with Crippen molar-refractivity contribution in [2.45, 2.75) is 25.1 Å². The van der Waals surface area contributed by atoms with Crippen LogP contribution in [0.1, 0.15) is 23.7 Å². The van der Waals surface area contributed by atoms with Gasteiger partial charge in [-0.3, -0.25) is 9.59 Å². The topological polar surface area (TPSA) is 126 Å². The highest BCUT2D eigenvalue weighted by Crippen LogP contribution is 2.23. The van der Waals surface area contributed by atoms with Gasteiger partial charge in [-0.1, -0.05) is 29.8 Å². The summed E-state index contributed by atoms with van der Waals surface area (Å²) in [5.41, 5.74) is 1.07. The summed E-state index contributed by atoms with van der Waals surface area (Å²) >= 11 is 6.09. The summed E-state index contributed by atoms with van der Waals surface area (Å²) in [5, 5.41) is 29.3. The number of aliphatic hydroxyl groups excluding tert-OH is 1. The van der Waals surface area contributed by atoms with Crippen molar-refractivity contribution in [1.82, 2.24) is 30.5 Å². The summed E-state index contributed by atoms with van der Waals surface area (Å²) in [7, 11) is 0. The Balaban J connectivity index is 1.47. The molecule has 1 aliphatic rings. The number of tetrazole rings is 1. The largest absolute Gasteiger partial charge is 0.378 e. The van der Waals surface area contributed by atoms with Gasteiger partial charge in [0.25, 0.3) is 5.91 Å². The molecular weight excluding hydrogens is 441 g/mol. The van der Waals surface area contributed by atoms with Crippen molar-refractivity contribution < 1.29 is 19.1 Å². The SMILES string of the molecule is O=C(NCc1cc(Cl)ccc1-n1cnnn1)[C@@H]1CC=NN1C(=O)[C@H](O)c1ccccc1F. The average Bonchev–Trinajstić information content (AvgIpc) is 3.49. The van der Waals surface area contributed by atoms with Crippen molar-refractivity contribution in [3.8, 4) is 5.69 Å². The van der Waals surface area contributed by atoms with Crippen molar-refractivity contribution in [3.63, 3.8) is 0 Å². The first kappa shape index (κ1) is 21.5. The first-order chi connectivity index (χ1) is 15.5. The third-order valence-electron chi connectivity index (χ3n) is 4.88. The van der Waals surface area contributed by atoms with Crippen LogP contribution in [-0.4, -0.2) is 54.4 Å². The highest BCUT2D eigenvalue weighted by atomic mass is 35.5. The molecule has 2 aromatic carbocycles. The second-order valence-corrected chi connectivity index (χ2v) is 7.34. The first-order valence-electron chi connectivity index (χ1n) is 9.53. The smallest absolute Gasteiger partial charge is 0.276 e. The maximum Gasteiger partial charge on any atom is 0.276 e. The Labute approximate surface area is 186 Å². The molecule has 164 valence electrons. The van der Waals surface area contributed by atoms with Crippen molar-refractivity contribution >= 4 is 29.6 Å². The fourth-order valence-corrected chi connectivity index (χ4v) is 3.48. The van der Waals surface area contributed by atoms with Crippen LogP contribution in [0, 0.1) is 5.82 Å². The number of nitrogens with zero attached hydrogens (tertiary/aromatic N) is 6. The molecule has 0 bridgehead atoms. The van der Waals surface area contributed by atoms with E-state index >= 15 is 0 Å². The molecule has 0 radical (unpaired) electrons. The summed E-state index contributed by atoms with van der Waals surface area (Å²) < 4.78 is 15.4. The van der Waals surface area contributed by atoms with Crippen molar-refractivity contribution in [3.05, 3.63) is 70.8 Å². The minimum Gasteiger partial charge on any atom is -0.378 e. The van der Waals surface area contributed by atoms with E-state index in [1.54, 1.807) is 18.2 Å². The monoisotopic (exact) mass is 457 g/mol. The summed E-state index contributed by atoms with van der Waals surface area (Å²) in [6, 6.07) is 9.43. The highest BCUT2D eigenvalue weighted by molar-refractivity contribution is 6.30. The van der Waals surface area contributed by atoms with Crippen LogP contribution in [0.15, 0.2) is 53.9 Å². The molecule has 32 heavy (non-hydrogen) atoms. The van der Waals surface area contributed by atoms with E-state index in [1.165, 1.54) is 35.4 Å². The summed E-state index contributed by atoms with van der Waals surface area (Å²) in [4.78, 5) is 25.5.